The van der Waals surface area contributed by atoms with E-state index in [1.165, 1.54) is 0 Å². The van der Waals surface area contributed by atoms with Gasteiger partial charge in [-0.25, -0.2) is 4.98 Å². The highest BCUT2D eigenvalue weighted by Crippen LogP contribution is 2.38. The summed E-state index contributed by atoms with van der Waals surface area (Å²) in [6.07, 6.45) is 6.74. The fourth-order valence-electron chi connectivity index (χ4n) is 4.16. The summed E-state index contributed by atoms with van der Waals surface area (Å²) in [6, 6.07) is 14.7. The monoisotopic (exact) mass is 459 g/mol. The lowest BCUT2D eigenvalue weighted by Gasteiger charge is -2.25. The molecule has 1 aliphatic rings. The maximum absolute atomic E-state index is 13.7. The van der Waals surface area contributed by atoms with Crippen molar-refractivity contribution in [3.8, 4) is 22.8 Å². The van der Waals surface area contributed by atoms with Crippen LogP contribution in [-0.2, 0) is 0 Å². The maximum Gasteiger partial charge on any atom is 0.259 e. The molecule has 1 atom stereocenters. The molecule has 1 amide bonds. The van der Waals surface area contributed by atoms with Crippen LogP contribution < -0.4 is 4.74 Å². The molecule has 7 nitrogen and oxygen atoms in total. The van der Waals surface area contributed by atoms with Crippen LogP contribution in [0.25, 0.3) is 11.1 Å². The van der Waals surface area contributed by atoms with E-state index in [4.69, 9.17) is 16.3 Å². The highest BCUT2D eigenvalue weighted by Gasteiger charge is 2.34. The molecule has 1 aliphatic heterocycles. The number of benzene rings is 1. The zero-order valence-corrected chi connectivity index (χ0v) is 18.8. The van der Waals surface area contributed by atoms with Crippen molar-refractivity contribution in [2.75, 3.05) is 6.54 Å². The molecule has 5 rings (SSSR count). The standard InChI is InChI=1S/C25H22ClN5O2/c1-16-9-10-19(14-28-16)33-24-20(7-3-11-27-24)25(32)31-12-4-8-22(31)23-21(15-29-30-23)17-5-2-6-18(26)13-17/h2-3,5-7,9-11,13-15,22H,4,8,12H2,1H3,(H,29,30)/t22-/m0/s1. The lowest BCUT2D eigenvalue weighted by molar-refractivity contribution is 0.0730. The van der Waals surface area contributed by atoms with Crippen molar-refractivity contribution in [1.82, 2.24) is 25.1 Å². The van der Waals surface area contributed by atoms with Gasteiger partial charge in [0.15, 0.2) is 0 Å². The number of aromatic amines is 1. The third-order valence-corrected chi connectivity index (χ3v) is 5.99. The number of ether oxygens (including phenoxy) is 1. The fourth-order valence-corrected chi connectivity index (χ4v) is 4.35. The molecule has 0 spiro atoms. The smallest absolute Gasteiger partial charge is 0.259 e. The van der Waals surface area contributed by atoms with Crippen molar-refractivity contribution in [3.05, 3.63) is 89.1 Å². The van der Waals surface area contributed by atoms with Gasteiger partial charge in [0, 0.05) is 29.0 Å². The van der Waals surface area contributed by atoms with Crippen molar-refractivity contribution in [1.29, 1.82) is 0 Å². The predicted octanol–water partition coefficient (Wildman–Crippen LogP) is 5.60. The number of carbonyl (C=O) groups is 1. The van der Waals surface area contributed by atoms with Crippen LogP contribution in [0.15, 0.2) is 67.1 Å². The molecule has 0 unspecified atom stereocenters. The average Bonchev–Trinajstić information content (AvgIpc) is 3.50. The predicted molar refractivity (Wildman–Crippen MR) is 125 cm³/mol. The number of halogens is 1. The zero-order chi connectivity index (χ0) is 22.8. The molecule has 4 aromatic rings. The molecule has 0 aliphatic carbocycles. The number of hydrogen-bond acceptors (Lipinski definition) is 5. The van der Waals surface area contributed by atoms with Crippen LogP contribution in [0.3, 0.4) is 0 Å². The number of amides is 1. The van der Waals surface area contributed by atoms with Crippen LogP contribution in [0.5, 0.6) is 11.6 Å². The Balaban J connectivity index is 1.45. The van der Waals surface area contributed by atoms with Gasteiger partial charge in [-0.15, -0.1) is 0 Å². The molecule has 0 saturated carbocycles. The second-order valence-electron chi connectivity index (χ2n) is 7.96. The van der Waals surface area contributed by atoms with E-state index in [9.17, 15) is 4.79 Å². The van der Waals surface area contributed by atoms with Crippen LogP contribution in [0.4, 0.5) is 0 Å². The number of pyridine rings is 2. The lowest BCUT2D eigenvalue weighted by Crippen LogP contribution is -2.31. The van der Waals surface area contributed by atoms with Crippen molar-refractivity contribution in [3.63, 3.8) is 0 Å². The summed E-state index contributed by atoms with van der Waals surface area (Å²) in [5, 5.41) is 8.04. The van der Waals surface area contributed by atoms with Crippen LogP contribution in [0.2, 0.25) is 5.02 Å². The van der Waals surface area contributed by atoms with Gasteiger partial charge in [0.05, 0.1) is 24.1 Å². The molecule has 1 aromatic carbocycles. The molecule has 166 valence electrons. The summed E-state index contributed by atoms with van der Waals surface area (Å²) in [4.78, 5) is 24.1. The number of rotatable bonds is 5. The molecule has 0 bridgehead atoms. The Bertz CT molecular complexity index is 1290. The normalized spacial score (nSPS) is 15.6. The van der Waals surface area contributed by atoms with Crippen LogP contribution >= 0.6 is 11.6 Å². The minimum absolute atomic E-state index is 0.132. The number of aryl methyl sites for hydroxylation is 1. The number of aromatic nitrogens is 4. The molecule has 3 aromatic heterocycles. The van der Waals surface area contributed by atoms with Gasteiger partial charge in [-0.1, -0.05) is 23.7 Å². The molecule has 1 saturated heterocycles. The minimum atomic E-state index is -0.136. The minimum Gasteiger partial charge on any atom is -0.437 e. The van der Waals surface area contributed by atoms with E-state index in [1.54, 1.807) is 30.7 Å². The second kappa shape index (κ2) is 9.03. The Morgan fingerprint density at radius 2 is 2.06 bits per heavy atom. The molecular weight excluding hydrogens is 438 g/mol. The Kier molecular flexibility index (Phi) is 5.79. The Morgan fingerprint density at radius 1 is 1.15 bits per heavy atom. The van der Waals surface area contributed by atoms with Gasteiger partial charge in [0.25, 0.3) is 5.91 Å². The average molecular weight is 460 g/mol. The lowest BCUT2D eigenvalue weighted by atomic mass is 10.0. The van der Waals surface area contributed by atoms with Crippen LogP contribution in [0, 0.1) is 6.92 Å². The number of hydrogen-bond donors (Lipinski definition) is 1. The number of carbonyl (C=O) groups excluding carboxylic acids is 1. The number of nitrogens with zero attached hydrogens (tertiary/aromatic N) is 4. The molecule has 1 N–H and O–H groups in total. The second-order valence-corrected chi connectivity index (χ2v) is 8.39. The summed E-state index contributed by atoms with van der Waals surface area (Å²) in [5.41, 5.74) is 4.10. The first-order valence-corrected chi connectivity index (χ1v) is 11.1. The summed E-state index contributed by atoms with van der Waals surface area (Å²) < 4.78 is 5.92. The van der Waals surface area contributed by atoms with Crippen LogP contribution in [0.1, 0.15) is 40.6 Å². The SMILES string of the molecule is Cc1ccc(Oc2ncccc2C(=O)N2CCC[C@H]2c2[nH]ncc2-c2cccc(Cl)c2)cn1. The number of H-pyrrole nitrogens is 1. The Labute approximate surface area is 196 Å². The van der Waals surface area contributed by atoms with Crippen molar-refractivity contribution < 1.29 is 9.53 Å². The largest absolute Gasteiger partial charge is 0.437 e. The third kappa shape index (κ3) is 4.32. The topological polar surface area (TPSA) is 84.0 Å². The van der Waals surface area contributed by atoms with Gasteiger partial charge in [0.1, 0.15) is 11.3 Å². The van der Waals surface area contributed by atoms with Gasteiger partial charge >= 0.3 is 0 Å². The van der Waals surface area contributed by atoms with E-state index in [1.807, 2.05) is 48.2 Å². The molecule has 0 radical (unpaired) electrons. The first-order valence-electron chi connectivity index (χ1n) is 10.8. The molecule has 1 fully saturated rings. The van der Waals surface area contributed by atoms with Crippen molar-refractivity contribution in [2.45, 2.75) is 25.8 Å². The van der Waals surface area contributed by atoms with E-state index in [0.29, 0.717) is 22.9 Å². The quantitative estimate of drug-likeness (QED) is 0.420. The van der Waals surface area contributed by atoms with Gasteiger partial charge < -0.3 is 9.64 Å². The maximum atomic E-state index is 13.7. The number of likely N-dealkylation sites (tertiary alicyclic amines) is 1. The molecule has 4 heterocycles. The van der Waals surface area contributed by atoms with Crippen molar-refractivity contribution >= 4 is 17.5 Å². The van der Waals surface area contributed by atoms with E-state index >= 15 is 0 Å². The highest BCUT2D eigenvalue weighted by molar-refractivity contribution is 6.30. The van der Waals surface area contributed by atoms with Gasteiger partial charge in [0.2, 0.25) is 5.88 Å². The third-order valence-electron chi connectivity index (χ3n) is 5.75. The van der Waals surface area contributed by atoms with Gasteiger partial charge in [-0.3, -0.25) is 14.9 Å². The van der Waals surface area contributed by atoms with Crippen LogP contribution in [-0.4, -0.2) is 37.5 Å². The van der Waals surface area contributed by atoms with E-state index in [2.05, 4.69) is 20.2 Å². The zero-order valence-electron chi connectivity index (χ0n) is 18.0. The van der Waals surface area contributed by atoms with Crippen molar-refractivity contribution in [2.24, 2.45) is 0 Å². The summed E-state index contributed by atoms with van der Waals surface area (Å²) in [7, 11) is 0. The first-order chi connectivity index (χ1) is 16.1. The molecular formula is C25H22ClN5O2. The van der Waals surface area contributed by atoms with E-state index in [-0.39, 0.29) is 17.8 Å². The van der Waals surface area contributed by atoms with Gasteiger partial charge in [-0.2, -0.15) is 5.10 Å². The van der Waals surface area contributed by atoms with E-state index in [0.717, 1.165) is 35.4 Å². The first kappa shape index (κ1) is 21.2. The molecule has 33 heavy (non-hydrogen) atoms. The number of nitrogens with one attached hydrogen (secondary N) is 1. The summed E-state index contributed by atoms with van der Waals surface area (Å²) in [6.45, 7) is 2.54. The van der Waals surface area contributed by atoms with Gasteiger partial charge in [-0.05, 0) is 61.7 Å². The highest BCUT2D eigenvalue weighted by atomic mass is 35.5. The Hall–Kier alpha value is -3.71. The summed E-state index contributed by atoms with van der Waals surface area (Å²) in [5.74, 6) is 0.661. The Morgan fingerprint density at radius 3 is 2.88 bits per heavy atom. The van der Waals surface area contributed by atoms with E-state index < -0.39 is 0 Å². The summed E-state index contributed by atoms with van der Waals surface area (Å²) >= 11 is 6.21. The fraction of sp³-hybridized carbons (Fsp3) is 0.200. The molecule has 8 heteroatoms.